The Balaban J connectivity index is 2.23. The zero-order valence-corrected chi connectivity index (χ0v) is 12.8. The van der Waals surface area contributed by atoms with Crippen LogP contribution in [-0.4, -0.2) is 9.38 Å². The molecular weight excluding hydrogens is 300 g/mol. The number of aromatic nitrogens is 2. The van der Waals surface area contributed by atoms with Crippen molar-refractivity contribution in [1.29, 1.82) is 0 Å². The van der Waals surface area contributed by atoms with Crippen molar-refractivity contribution in [2.24, 2.45) is 0 Å². The van der Waals surface area contributed by atoms with Gasteiger partial charge in [0.2, 0.25) is 0 Å². The highest BCUT2D eigenvalue weighted by molar-refractivity contribution is 9.10. The molecule has 3 rings (SSSR count). The lowest BCUT2D eigenvalue weighted by molar-refractivity contribution is 1.16. The lowest BCUT2D eigenvalue weighted by atomic mass is 10.0. The second-order valence-corrected chi connectivity index (χ2v) is 5.87. The quantitative estimate of drug-likeness (QED) is 0.637. The molecule has 3 heteroatoms. The minimum atomic E-state index is 0.983. The Morgan fingerprint density at radius 2 is 1.79 bits per heavy atom. The number of fused-ring (bicyclic) bond motifs is 1. The number of rotatable bonds is 1. The van der Waals surface area contributed by atoms with Crippen LogP contribution in [-0.2, 0) is 0 Å². The summed E-state index contributed by atoms with van der Waals surface area (Å²) < 4.78 is 3.17. The fourth-order valence-corrected chi connectivity index (χ4v) is 2.58. The zero-order valence-electron chi connectivity index (χ0n) is 11.2. The third-order valence-electron chi connectivity index (χ3n) is 3.40. The van der Waals surface area contributed by atoms with Crippen LogP contribution in [0.25, 0.3) is 16.9 Å². The van der Waals surface area contributed by atoms with Gasteiger partial charge in [-0.1, -0.05) is 17.7 Å². The van der Waals surface area contributed by atoms with Gasteiger partial charge in [0.1, 0.15) is 5.65 Å². The summed E-state index contributed by atoms with van der Waals surface area (Å²) in [5.41, 5.74) is 6.93. The molecule has 0 aliphatic heterocycles. The van der Waals surface area contributed by atoms with Crippen LogP contribution in [0, 0.1) is 20.8 Å². The van der Waals surface area contributed by atoms with E-state index in [0.29, 0.717) is 0 Å². The van der Waals surface area contributed by atoms with Gasteiger partial charge in [-0.2, -0.15) is 0 Å². The second kappa shape index (κ2) is 4.49. The number of hydrogen-bond donors (Lipinski definition) is 0. The Hall–Kier alpha value is -1.61. The van der Waals surface area contributed by atoms with Crippen LogP contribution >= 0.6 is 15.9 Å². The number of aryl methyl sites for hydroxylation is 3. The molecule has 96 valence electrons. The number of halogens is 1. The van der Waals surface area contributed by atoms with Crippen molar-refractivity contribution < 1.29 is 0 Å². The van der Waals surface area contributed by atoms with E-state index >= 15 is 0 Å². The van der Waals surface area contributed by atoms with Crippen molar-refractivity contribution in [1.82, 2.24) is 9.38 Å². The van der Waals surface area contributed by atoms with Crippen molar-refractivity contribution in [2.45, 2.75) is 20.8 Å². The molecule has 0 spiro atoms. The molecule has 0 N–H and O–H groups in total. The molecule has 0 bridgehead atoms. The first-order valence-corrected chi connectivity index (χ1v) is 7.06. The molecule has 19 heavy (non-hydrogen) atoms. The summed E-state index contributed by atoms with van der Waals surface area (Å²) in [4.78, 5) is 4.73. The van der Waals surface area contributed by atoms with Gasteiger partial charge in [-0.05, 0) is 60.0 Å². The van der Waals surface area contributed by atoms with Crippen molar-refractivity contribution in [3.63, 3.8) is 0 Å². The predicted molar refractivity (Wildman–Crippen MR) is 82.5 cm³/mol. The van der Waals surface area contributed by atoms with E-state index in [2.05, 4.69) is 77.8 Å². The maximum absolute atomic E-state index is 4.73. The summed E-state index contributed by atoms with van der Waals surface area (Å²) >= 11 is 3.56. The highest BCUT2D eigenvalue weighted by Gasteiger charge is 2.08. The van der Waals surface area contributed by atoms with Crippen LogP contribution in [0.2, 0.25) is 0 Å². The molecule has 2 heterocycles. The Morgan fingerprint density at radius 3 is 2.58 bits per heavy atom. The molecule has 2 nitrogen and oxygen atoms in total. The normalized spacial score (nSPS) is 11.2. The van der Waals surface area contributed by atoms with E-state index in [1.165, 1.54) is 22.3 Å². The van der Waals surface area contributed by atoms with Gasteiger partial charge in [0.25, 0.3) is 0 Å². The SMILES string of the molecule is Cc1ccc(C)c(-c2cn3cc(Br)c(C)cc3n2)c1. The highest BCUT2D eigenvalue weighted by atomic mass is 79.9. The molecular formula is C16H15BrN2. The molecule has 1 aromatic carbocycles. The van der Waals surface area contributed by atoms with Crippen LogP contribution in [0.1, 0.15) is 16.7 Å². The topological polar surface area (TPSA) is 17.3 Å². The molecule has 0 aliphatic carbocycles. The molecule has 0 saturated heterocycles. The van der Waals surface area contributed by atoms with E-state index in [-0.39, 0.29) is 0 Å². The summed E-state index contributed by atoms with van der Waals surface area (Å²) in [6, 6.07) is 8.57. The summed E-state index contributed by atoms with van der Waals surface area (Å²) in [7, 11) is 0. The summed E-state index contributed by atoms with van der Waals surface area (Å²) in [6.45, 7) is 6.32. The average molecular weight is 315 g/mol. The number of nitrogens with zero attached hydrogens (tertiary/aromatic N) is 2. The van der Waals surface area contributed by atoms with Gasteiger partial charge in [0.05, 0.1) is 5.69 Å². The smallest absolute Gasteiger partial charge is 0.137 e. The van der Waals surface area contributed by atoms with Crippen molar-refractivity contribution in [2.75, 3.05) is 0 Å². The summed E-state index contributed by atoms with van der Waals surface area (Å²) in [5, 5.41) is 0. The standard InChI is InChI=1S/C16H15BrN2/c1-10-4-5-11(2)13(6-10)15-9-19-8-14(17)12(3)7-16(19)18-15/h4-9H,1-3H3. The Labute approximate surface area is 121 Å². The molecule has 0 fully saturated rings. The molecule has 0 saturated carbocycles. The van der Waals surface area contributed by atoms with Gasteiger partial charge in [0.15, 0.2) is 0 Å². The lowest BCUT2D eigenvalue weighted by Gasteiger charge is -2.03. The third kappa shape index (κ3) is 2.19. The predicted octanol–water partition coefficient (Wildman–Crippen LogP) is 4.69. The zero-order chi connectivity index (χ0) is 13.6. The first-order valence-electron chi connectivity index (χ1n) is 6.27. The monoisotopic (exact) mass is 314 g/mol. The number of hydrogen-bond acceptors (Lipinski definition) is 1. The summed E-state index contributed by atoms with van der Waals surface area (Å²) in [6.07, 6.45) is 4.15. The van der Waals surface area contributed by atoms with Crippen molar-refractivity contribution in [3.05, 3.63) is 57.8 Å². The van der Waals surface area contributed by atoms with Gasteiger partial charge in [-0.25, -0.2) is 4.98 Å². The fraction of sp³-hybridized carbons (Fsp3) is 0.188. The van der Waals surface area contributed by atoms with Gasteiger partial charge < -0.3 is 4.40 Å². The lowest BCUT2D eigenvalue weighted by Crippen LogP contribution is -1.85. The van der Waals surface area contributed by atoms with E-state index in [4.69, 9.17) is 4.98 Å². The minimum absolute atomic E-state index is 0.983. The fourth-order valence-electron chi connectivity index (χ4n) is 2.25. The molecule has 0 atom stereocenters. The Bertz CT molecular complexity index is 733. The van der Waals surface area contributed by atoms with E-state index in [1.54, 1.807) is 0 Å². The number of imidazole rings is 1. The average Bonchev–Trinajstić information content (AvgIpc) is 2.75. The van der Waals surface area contributed by atoms with Crippen LogP contribution in [0.15, 0.2) is 41.1 Å². The van der Waals surface area contributed by atoms with Gasteiger partial charge in [-0.15, -0.1) is 0 Å². The second-order valence-electron chi connectivity index (χ2n) is 5.01. The maximum Gasteiger partial charge on any atom is 0.137 e. The molecule has 0 unspecified atom stereocenters. The van der Waals surface area contributed by atoms with Gasteiger partial charge >= 0.3 is 0 Å². The van der Waals surface area contributed by atoms with Gasteiger partial charge in [-0.3, -0.25) is 0 Å². The molecule has 0 amide bonds. The van der Waals surface area contributed by atoms with Crippen LogP contribution in [0.5, 0.6) is 0 Å². The minimum Gasteiger partial charge on any atom is -0.305 e. The largest absolute Gasteiger partial charge is 0.305 e. The molecule has 0 aliphatic rings. The maximum atomic E-state index is 4.73. The molecule has 0 radical (unpaired) electrons. The van der Waals surface area contributed by atoms with Crippen LogP contribution in [0.3, 0.4) is 0 Å². The van der Waals surface area contributed by atoms with Gasteiger partial charge in [0, 0.05) is 22.4 Å². The van der Waals surface area contributed by atoms with E-state index in [9.17, 15) is 0 Å². The van der Waals surface area contributed by atoms with Crippen LogP contribution < -0.4 is 0 Å². The highest BCUT2D eigenvalue weighted by Crippen LogP contribution is 2.26. The van der Waals surface area contributed by atoms with Crippen molar-refractivity contribution >= 4 is 21.6 Å². The molecule has 3 aromatic rings. The Kier molecular flexibility index (Phi) is 2.94. The third-order valence-corrected chi connectivity index (χ3v) is 4.23. The first-order chi connectivity index (χ1) is 9.04. The number of benzene rings is 1. The van der Waals surface area contributed by atoms with E-state index in [1.807, 2.05) is 0 Å². The van der Waals surface area contributed by atoms with Crippen molar-refractivity contribution in [3.8, 4) is 11.3 Å². The Morgan fingerprint density at radius 1 is 1.00 bits per heavy atom. The molecule has 2 aromatic heterocycles. The van der Waals surface area contributed by atoms with E-state index < -0.39 is 0 Å². The van der Waals surface area contributed by atoms with Crippen LogP contribution in [0.4, 0.5) is 0 Å². The number of pyridine rings is 1. The van der Waals surface area contributed by atoms with E-state index in [0.717, 1.165) is 15.8 Å². The first kappa shape index (κ1) is 12.4. The summed E-state index contributed by atoms with van der Waals surface area (Å²) in [5.74, 6) is 0.